The van der Waals surface area contributed by atoms with Crippen LogP contribution in [0.3, 0.4) is 0 Å². The summed E-state index contributed by atoms with van der Waals surface area (Å²) in [4.78, 5) is 38.6. The van der Waals surface area contributed by atoms with Crippen LogP contribution in [-0.4, -0.2) is 42.9 Å². The third-order valence-corrected chi connectivity index (χ3v) is 5.38. The molecule has 1 aliphatic rings. The first-order valence-electron chi connectivity index (χ1n) is 10.2. The number of pyridine rings is 1. The number of nitrogens with one attached hydrogen (secondary N) is 1. The van der Waals surface area contributed by atoms with Gasteiger partial charge in [-0.3, -0.25) is 9.59 Å². The van der Waals surface area contributed by atoms with Crippen LogP contribution in [0.5, 0.6) is 5.75 Å². The first kappa shape index (κ1) is 24.7. The molecule has 1 atom stereocenters. The van der Waals surface area contributed by atoms with Crippen LogP contribution in [0.15, 0.2) is 23.1 Å². The Bertz CT molecular complexity index is 1130. The lowest BCUT2D eigenvalue weighted by molar-refractivity contribution is 0.0355. The average molecular weight is 485 g/mol. The lowest BCUT2D eigenvalue weighted by Gasteiger charge is -2.22. The van der Waals surface area contributed by atoms with Gasteiger partial charge in [0, 0.05) is 24.9 Å². The molecule has 1 aromatic carbocycles. The lowest BCUT2D eigenvalue weighted by atomic mass is 10.1. The second kappa shape index (κ2) is 10.3. The molecule has 178 valence electrons. The van der Waals surface area contributed by atoms with Gasteiger partial charge in [0.25, 0.3) is 5.91 Å². The second-order valence-corrected chi connectivity index (χ2v) is 8.03. The molecule has 0 saturated carbocycles. The van der Waals surface area contributed by atoms with Crippen molar-refractivity contribution in [3.8, 4) is 5.75 Å². The number of carbonyl (C=O) groups excluding carboxylic acids is 2. The average Bonchev–Trinajstić information content (AvgIpc) is 3.30. The van der Waals surface area contributed by atoms with Crippen molar-refractivity contribution in [1.29, 1.82) is 0 Å². The summed E-state index contributed by atoms with van der Waals surface area (Å²) in [5.74, 6) is -3.91. The molecule has 0 radical (unpaired) electrons. The van der Waals surface area contributed by atoms with Crippen molar-refractivity contribution in [3.05, 3.63) is 62.0 Å². The summed E-state index contributed by atoms with van der Waals surface area (Å²) in [6.45, 7) is 3.66. The van der Waals surface area contributed by atoms with E-state index in [9.17, 15) is 23.2 Å². The van der Waals surface area contributed by atoms with Gasteiger partial charge in [0.2, 0.25) is 5.43 Å². The third kappa shape index (κ3) is 5.17. The molecule has 3 rings (SSSR count). The molecule has 1 aromatic heterocycles. The van der Waals surface area contributed by atoms with Crippen LogP contribution < -0.4 is 15.5 Å². The van der Waals surface area contributed by atoms with Gasteiger partial charge in [-0.2, -0.15) is 0 Å². The molecule has 0 spiro atoms. The zero-order valence-electron chi connectivity index (χ0n) is 18.2. The summed E-state index contributed by atoms with van der Waals surface area (Å²) < 4.78 is 44.8. The Balaban J connectivity index is 2.00. The molecular formula is C22H23ClF2N2O6. The first-order chi connectivity index (χ1) is 15.6. The molecule has 33 heavy (non-hydrogen) atoms. The minimum Gasteiger partial charge on any atom is -0.491 e. The Labute approximate surface area is 193 Å². The molecule has 1 unspecified atom stereocenters. The van der Waals surface area contributed by atoms with Crippen LogP contribution in [-0.2, 0) is 16.0 Å². The van der Waals surface area contributed by atoms with Gasteiger partial charge >= 0.3 is 5.97 Å². The first-order valence-corrected chi connectivity index (χ1v) is 10.6. The summed E-state index contributed by atoms with van der Waals surface area (Å²) in [6, 6.07) is 1.77. The van der Waals surface area contributed by atoms with Crippen LogP contribution in [0, 0.1) is 11.6 Å². The molecule has 8 nitrogen and oxygen atoms in total. The maximum Gasteiger partial charge on any atom is 0.359 e. The highest BCUT2D eigenvalue weighted by Crippen LogP contribution is 2.26. The number of carbonyl (C=O) groups is 2. The van der Waals surface area contributed by atoms with Gasteiger partial charge in [0.1, 0.15) is 22.2 Å². The van der Waals surface area contributed by atoms with Crippen LogP contribution >= 0.6 is 11.6 Å². The highest BCUT2D eigenvalue weighted by atomic mass is 35.5. The highest BCUT2D eigenvalue weighted by molar-refractivity contribution is 6.30. The molecule has 0 aliphatic carbocycles. The quantitative estimate of drug-likeness (QED) is 0.479. The number of aromatic nitrogens is 1. The number of amides is 1. The fraction of sp³-hybridized carbons (Fsp3) is 0.409. The molecule has 1 fully saturated rings. The minimum absolute atomic E-state index is 0.0663. The number of hydrogen-bond donors (Lipinski definition) is 1. The monoisotopic (exact) mass is 484 g/mol. The fourth-order valence-corrected chi connectivity index (χ4v) is 3.62. The van der Waals surface area contributed by atoms with E-state index in [1.54, 1.807) is 13.8 Å². The van der Waals surface area contributed by atoms with E-state index in [1.807, 2.05) is 0 Å². The summed E-state index contributed by atoms with van der Waals surface area (Å²) >= 11 is 5.57. The van der Waals surface area contributed by atoms with E-state index in [0.29, 0.717) is 13.0 Å². The number of hydrogen-bond acceptors (Lipinski definition) is 6. The molecule has 1 amide bonds. The van der Waals surface area contributed by atoms with Crippen molar-refractivity contribution in [3.63, 3.8) is 0 Å². The predicted molar refractivity (Wildman–Crippen MR) is 115 cm³/mol. The topological polar surface area (TPSA) is 95.9 Å². The van der Waals surface area contributed by atoms with Gasteiger partial charge in [-0.1, -0.05) is 17.7 Å². The number of benzene rings is 1. The standard InChI is InChI=1S/C22H23ClF2N2O6/c1-11(2)33-22(30)18-20(31-3)19(28)14(9-27(18)13-6-7-32-10-13)21(29)26-8-12-4-5-15(24)16(23)17(12)25/h4-5,9,11,13H,6-8,10H2,1-3H3,(H,26,29). The van der Waals surface area contributed by atoms with Crippen molar-refractivity contribution in [2.45, 2.75) is 39.0 Å². The summed E-state index contributed by atoms with van der Waals surface area (Å²) in [7, 11) is 1.20. The lowest BCUT2D eigenvalue weighted by Crippen LogP contribution is -2.33. The van der Waals surface area contributed by atoms with Crippen molar-refractivity contribution in [2.75, 3.05) is 20.3 Å². The molecule has 1 aliphatic heterocycles. The van der Waals surface area contributed by atoms with Crippen LogP contribution in [0.2, 0.25) is 5.02 Å². The van der Waals surface area contributed by atoms with Crippen LogP contribution in [0.4, 0.5) is 8.78 Å². The number of rotatable bonds is 7. The van der Waals surface area contributed by atoms with Gasteiger partial charge in [-0.25, -0.2) is 13.6 Å². The largest absolute Gasteiger partial charge is 0.491 e. The van der Waals surface area contributed by atoms with Crippen molar-refractivity contribution in [2.24, 2.45) is 0 Å². The summed E-state index contributed by atoms with van der Waals surface area (Å²) in [6.07, 6.45) is 1.32. The zero-order chi connectivity index (χ0) is 24.3. The molecule has 11 heteroatoms. The van der Waals surface area contributed by atoms with E-state index >= 15 is 0 Å². The Morgan fingerprint density at radius 1 is 1.33 bits per heavy atom. The van der Waals surface area contributed by atoms with Crippen molar-refractivity contribution < 1.29 is 32.6 Å². The second-order valence-electron chi connectivity index (χ2n) is 7.65. The number of ether oxygens (including phenoxy) is 3. The van der Waals surface area contributed by atoms with Crippen molar-refractivity contribution in [1.82, 2.24) is 9.88 Å². The summed E-state index contributed by atoms with van der Waals surface area (Å²) in [5.41, 5.74) is -1.35. The number of halogens is 3. The van der Waals surface area contributed by atoms with E-state index in [2.05, 4.69) is 5.32 Å². The number of methoxy groups -OCH3 is 1. The molecule has 1 saturated heterocycles. The Morgan fingerprint density at radius 2 is 2.06 bits per heavy atom. The number of esters is 1. The Hall–Kier alpha value is -2.98. The zero-order valence-corrected chi connectivity index (χ0v) is 19.0. The maximum atomic E-state index is 14.2. The van der Waals surface area contributed by atoms with E-state index in [4.69, 9.17) is 25.8 Å². The molecule has 1 N–H and O–H groups in total. The SMILES string of the molecule is COc1c(C(=O)OC(C)C)n(C2CCOC2)cc(C(=O)NCc2ccc(F)c(Cl)c2F)c1=O. The van der Waals surface area contributed by atoms with Crippen LogP contribution in [0.25, 0.3) is 0 Å². The smallest absolute Gasteiger partial charge is 0.359 e. The van der Waals surface area contributed by atoms with Gasteiger partial charge < -0.3 is 24.1 Å². The predicted octanol–water partition coefficient (Wildman–Crippen LogP) is 3.25. The highest BCUT2D eigenvalue weighted by Gasteiger charge is 2.31. The van der Waals surface area contributed by atoms with Gasteiger partial charge in [0.05, 0.1) is 25.9 Å². The van der Waals surface area contributed by atoms with E-state index in [1.165, 1.54) is 17.9 Å². The minimum atomic E-state index is -1.01. The molecule has 2 heterocycles. The maximum absolute atomic E-state index is 14.2. The van der Waals surface area contributed by atoms with Crippen molar-refractivity contribution >= 4 is 23.5 Å². The summed E-state index contributed by atoms with van der Waals surface area (Å²) in [5, 5.41) is 1.72. The van der Waals surface area contributed by atoms with Gasteiger partial charge in [-0.05, 0) is 26.3 Å². The van der Waals surface area contributed by atoms with Gasteiger partial charge in [-0.15, -0.1) is 0 Å². The van der Waals surface area contributed by atoms with E-state index < -0.39 is 40.1 Å². The number of nitrogens with zero attached hydrogens (tertiary/aromatic N) is 1. The molecule has 2 aromatic rings. The third-order valence-electron chi connectivity index (χ3n) is 5.03. The van der Waals surface area contributed by atoms with Crippen LogP contribution in [0.1, 0.15) is 52.7 Å². The van der Waals surface area contributed by atoms with E-state index in [0.717, 1.165) is 12.1 Å². The van der Waals surface area contributed by atoms with E-state index in [-0.39, 0.29) is 41.8 Å². The Morgan fingerprint density at radius 3 is 2.67 bits per heavy atom. The normalized spacial score (nSPS) is 15.5. The molecular weight excluding hydrogens is 462 g/mol. The molecule has 0 bridgehead atoms. The van der Waals surface area contributed by atoms with Gasteiger partial charge in [0.15, 0.2) is 11.4 Å². The fourth-order valence-electron chi connectivity index (χ4n) is 3.43. The Kier molecular flexibility index (Phi) is 7.70.